The van der Waals surface area contributed by atoms with Gasteiger partial charge in [0.15, 0.2) is 0 Å². The Hall–Kier alpha value is -1.31. The number of carboxylic acids is 1. The van der Waals surface area contributed by atoms with Gasteiger partial charge in [0.05, 0.1) is 6.42 Å². The molecule has 1 unspecified atom stereocenters. The molecule has 0 aromatic heterocycles. The van der Waals surface area contributed by atoms with Crippen LogP contribution >= 0.6 is 0 Å². The minimum Gasteiger partial charge on any atom is -0.481 e. The maximum atomic E-state index is 11.3. The fraction of sp³-hybridized carbons (Fsp3) is 0.588. The molecule has 1 N–H and O–H groups in total. The Morgan fingerprint density at radius 3 is 2.32 bits per heavy atom. The van der Waals surface area contributed by atoms with Gasteiger partial charge in [0.25, 0.3) is 0 Å². The highest BCUT2D eigenvalue weighted by Gasteiger charge is 2.38. The zero-order chi connectivity index (χ0) is 13.9. The number of hydrogen-bond donors (Lipinski definition) is 1. The molecule has 0 bridgehead atoms. The molecule has 1 aliphatic rings. The van der Waals surface area contributed by atoms with Crippen LogP contribution in [0.2, 0.25) is 0 Å². The largest absolute Gasteiger partial charge is 0.481 e. The van der Waals surface area contributed by atoms with Gasteiger partial charge in [-0.15, -0.1) is 0 Å². The fourth-order valence-corrected chi connectivity index (χ4v) is 3.47. The van der Waals surface area contributed by atoms with Crippen molar-refractivity contribution in [1.82, 2.24) is 0 Å². The Morgan fingerprint density at radius 1 is 1.21 bits per heavy atom. The number of carbonyl (C=O) groups is 1. The van der Waals surface area contributed by atoms with Crippen LogP contribution in [0.25, 0.3) is 0 Å². The molecule has 0 aliphatic heterocycles. The number of aliphatic carboxylic acids is 1. The van der Waals surface area contributed by atoms with Gasteiger partial charge < -0.3 is 5.11 Å². The first kappa shape index (κ1) is 14.1. The lowest BCUT2D eigenvalue weighted by atomic mass is 9.64. The summed E-state index contributed by atoms with van der Waals surface area (Å²) in [6.07, 6.45) is 6.35. The van der Waals surface area contributed by atoms with Gasteiger partial charge in [0.2, 0.25) is 0 Å². The summed E-state index contributed by atoms with van der Waals surface area (Å²) in [7, 11) is 0. The van der Waals surface area contributed by atoms with Gasteiger partial charge in [-0.25, -0.2) is 0 Å². The van der Waals surface area contributed by atoms with Crippen LogP contribution in [-0.4, -0.2) is 11.1 Å². The first-order chi connectivity index (χ1) is 9.02. The van der Waals surface area contributed by atoms with Crippen molar-refractivity contribution in [2.45, 2.75) is 57.8 Å². The van der Waals surface area contributed by atoms with Gasteiger partial charge in [-0.05, 0) is 31.2 Å². The highest BCUT2D eigenvalue weighted by atomic mass is 16.4. The Balaban J connectivity index is 2.32. The number of hydrogen-bond acceptors (Lipinski definition) is 1. The molecule has 1 saturated carbocycles. The molecule has 1 fully saturated rings. The van der Waals surface area contributed by atoms with Crippen LogP contribution in [0, 0.1) is 12.8 Å². The monoisotopic (exact) mass is 260 g/mol. The van der Waals surface area contributed by atoms with Crippen molar-refractivity contribution in [2.75, 3.05) is 0 Å². The normalized spacial score (nSPS) is 19.9. The van der Waals surface area contributed by atoms with E-state index in [1.807, 2.05) is 0 Å². The summed E-state index contributed by atoms with van der Waals surface area (Å²) in [6.45, 7) is 4.21. The van der Waals surface area contributed by atoms with Crippen LogP contribution in [0.4, 0.5) is 0 Å². The Kier molecular flexibility index (Phi) is 4.28. The van der Waals surface area contributed by atoms with Crippen LogP contribution in [-0.2, 0) is 10.2 Å². The van der Waals surface area contributed by atoms with E-state index in [-0.39, 0.29) is 11.8 Å². The van der Waals surface area contributed by atoms with Crippen LogP contribution in [0.1, 0.15) is 56.6 Å². The van der Waals surface area contributed by atoms with E-state index in [0.717, 1.165) is 12.8 Å². The summed E-state index contributed by atoms with van der Waals surface area (Å²) in [6, 6.07) is 8.43. The van der Waals surface area contributed by atoms with E-state index >= 15 is 0 Å². The molecule has 0 saturated heterocycles. The molecule has 2 rings (SSSR count). The van der Waals surface area contributed by atoms with Gasteiger partial charge in [-0.1, -0.05) is 56.0 Å². The van der Waals surface area contributed by atoms with E-state index in [0.29, 0.717) is 5.92 Å². The van der Waals surface area contributed by atoms with Crippen LogP contribution in [0.5, 0.6) is 0 Å². The van der Waals surface area contributed by atoms with Crippen molar-refractivity contribution in [1.29, 1.82) is 0 Å². The molecule has 0 heterocycles. The molecule has 2 heteroatoms. The first-order valence-corrected chi connectivity index (χ1v) is 7.31. The maximum absolute atomic E-state index is 11.3. The van der Waals surface area contributed by atoms with Crippen molar-refractivity contribution in [3.8, 4) is 0 Å². The Morgan fingerprint density at radius 2 is 1.79 bits per heavy atom. The highest BCUT2D eigenvalue weighted by Crippen LogP contribution is 2.43. The molecule has 0 amide bonds. The lowest BCUT2D eigenvalue weighted by Gasteiger charge is -2.39. The average molecular weight is 260 g/mol. The number of rotatable bonds is 4. The van der Waals surface area contributed by atoms with Crippen LogP contribution in [0.15, 0.2) is 24.3 Å². The van der Waals surface area contributed by atoms with Gasteiger partial charge in [0, 0.05) is 5.41 Å². The third kappa shape index (κ3) is 3.17. The van der Waals surface area contributed by atoms with Crippen molar-refractivity contribution in [3.63, 3.8) is 0 Å². The van der Waals surface area contributed by atoms with Crippen molar-refractivity contribution >= 4 is 5.97 Å². The van der Waals surface area contributed by atoms with E-state index in [4.69, 9.17) is 0 Å². The summed E-state index contributed by atoms with van der Waals surface area (Å²) in [4.78, 5) is 11.3. The second kappa shape index (κ2) is 5.77. The molecular weight excluding hydrogens is 236 g/mol. The third-order valence-electron chi connectivity index (χ3n) is 4.74. The molecule has 0 spiro atoms. The second-order valence-corrected chi connectivity index (χ2v) is 6.19. The lowest BCUT2D eigenvalue weighted by Crippen LogP contribution is -2.36. The number of benzene rings is 1. The second-order valence-electron chi connectivity index (χ2n) is 6.19. The van der Waals surface area contributed by atoms with E-state index in [1.54, 1.807) is 0 Å². The molecular formula is C17H24O2. The zero-order valence-electron chi connectivity index (χ0n) is 12.0. The molecule has 1 aromatic rings. The zero-order valence-corrected chi connectivity index (χ0v) is 12.0. The predicted octanol–water partition coefficient (Wildman–Crippen LogP) is 4.31. The van der Waals surface area contributed by atoms with Gasteiger partial charge in [0.1, 0.15) is 0 Å². The standard InChI is InChI=1S/C17H24O2/c1-13-8-10-15(11-9-13)17(2,12-16(18)19)14-6-4-3-5-7-14/h8-11,14H,3-7,12H2,1-2H3,(H,18,19). The molecule has 1 aliphatic carbocycles. The van der Waals surface area contributed by atoms with E-state index in [1.165, 1.54) is 30.4 Å². The first-order valence-electron chi connectivity index (χ1n) is 7.31. The summed E-state index contributed by atoms with van der Waals surface area (Å²) in [5.41, 5.74) is 2.19. The smallest absolute Gasteiger partial charge is 0.304 e. The SMILES string of the molecule is Cc1ccc(C(C)(CC(=O)O)C2CCCCC2)cc1. The van der Waals surface area contributed by atoms with Gasteiger partial charge in [-0.3, -0.25) is 4.79 Å². The Bertz CT molecular complexity index is 429. The van der Waals surface area contributed by atoms with E-state index in [9.17, 15) is 9.90 Å². The molecule has 2 nitrogen and oxygen atoms in total. The fourth-order valence-electron chi connectivity index (χ4n) is 3.47. The van der Waals surface area contributed by atoms with Crippen molar-refractivity contribution in [3.05, 3.63) is 35.4 Å². The molecule has 104 valence electrons. The molecule has 0 radical (unpaired) electrons. The summed E-state index contributed by atoms with van der Waals surface area (Å²) >= 11 is 0. The average Bonchev–Trinajstić information content (AvgIpc) is 2.39. The molecule has 1 atom stereocenters. The summed E-state index contributed by atoms with van der Waals surface area (Å²) in [5, 5.41) is 9.30. The van der Waals surface area contributed by atoms with Gasteiger partial charge in [-0.2, -0.15) is 0 Å². The van der Waals surface area contributed by atoms with E-state index in [2.05, 4.69) is 38.1 Å². The topological polar surface area (TPSA) is 37.3 Å². The summed E-state index contributed by atoms with van der Waals surface area (Å²) < 4.78 is 0. The maximum Gasteiger partial charge on any atom is 0.304 e. The number of carboxylic acid groups (broad SMARTS) is 1. The minimum atomic E-state index is -0.686. The van der Waals surface area contributed by atoms with E-state index < -0.39 is 5.97 Å². The third-order valence-corrected chi connectivity index (χ3v) is 4.74. The number of aryl methyl sites for hydroxylation is 1. The van der Waals surface area contributed by atoms with Crippen LogP contribution in [0.3, 0.4) is 0 Å². The quantitative estimate of drug-likeness (QED) is 0.876. The molecule has 1 aromatic carbocycles. The minimum absolute atomic E-state index is 0.222. The van der Waals surface area contributed by atoms with Crippen molar-refractivity contribution in [2.24, 2.45) is 5.92 Å². The summed E-state index contributed by atoms with van der Waals surface area (Å²) in [5.74, 6) is -0.186. The van der Waals surface area contributed by atoms with Crippen molar-refractivity contribution < 1.29 is 9.90 Å². The predicted molar refractivity (Wildman–Crippen MR) is 77.4 cm³/mol. The van der Waals surface area contributed by atoms with Crippen LogP contribution < -0.4 is 0 Å². The lowest BCUT2D eigenvalue weighted by molar-refractivity contribution is -0.139. The Labute approximate surface area is 115 Å². The van der Waals surface area contributed by atoms with Gasteiger partial charge >= 0.3 is 5.97 Å². The highest BCUT2D eigenvalue weighted by molar-refractivity contribution is 5.69. The molecule has 19 heavy (non-hydrogen) atoms.